The fourth-order valence-electron chi connectivity index (χ4n) is 1.67. The molecule has 0 saturated heterocycles. The van der Waals surface area contributed by atoms with Crippen LogP contribution in [-0.4, -0.2) is 17.2 Å². The van der Waals surface area contributed by atoms with Crippen LogP contribution in [0.5, 0.6) is 0 Å². The molecule has 94 valence electrons. The second-order valence-electron chi connectivity index (χ2n) is 5.40. The summed E-state index contributed by atoms with van der Waals surface area (Å²) in [5, 5.41) is 8.62. The Labute approximate surface area is 101 Å². The number of benzene rings is 1. The Morgan fingerprint density at radius 2 is 1.71 bits per heavy atom. The van der Waals surface area contributed by atoms with Crippen LogP contribution in [0.2, 0.25) is 0 Å². The highest BCUT2D eigenvalue weighted by atomic mass is 19.1. The normalized spacial score (nSPS) is 15.4. The Balaban J connectivity index is 2.92. The highest BCUT2D eigenvalue weighted by Crippen LogP contribution is 2.26. The minimum absolute atomic E-state index is 0.0453. The monoisotopic (exact) mass is 238 g/mol. The van der Waals surface area contributed by atoms with Crippen LogP contribution in [0.25, 0.3) is 0 Å². The van der Waals surface area contributed by atoms with E-state index in [1.54, 1.807) is 19.1 Å². The van der Waals surface area contributed by atoms with Gasteiger partial charge in [0.05, 0.1) is 0 Å². The Bertz CT molecular complexity index is 390. The maximum absolute atomic E-state index is 13.3. The number of carboxylic acid groups (broad SMARTS) is 1. The molecule has 2 nitrogen and oxygen atoms in total. The van der Waals surface area contributed by atoms with E-state index in [4.69, 9.17) is 5.11 Å². The molecule has 0 amide bonds. The van der Waals surface area contributed by atoms with E-state index in [1.807, 2.05) is 12.1 Å². The van der Waals surface area contributed by atoms with Gasteiger partial charge in [-0.15, -0.1) is 0 Å². The molecule has 0 radical (unpaired) electrons. The summed E-state index contributed by atoms with van der Waals surface area (Å²) in [6.07, 6.45) is -1.85. The van der Waals surface area contributed by atoms with Crippen LogP contribution >= 0.6 is 0 Å². The Morgan fingerprint density at radius 1 is 1.24 bits per heavy atom. The molecule has 0 saturated carbocycles. The van der Waals surface area contributed by atoms with Crippen LogP contribution in [0.15, 0.2) is 24.3 Å². The van der Waals surface area contributed by atoms with Crippen molar-refractivity contribution in [2.45, 2.75) is 45.2 Å². The lowest BCUT2D eigenvalue weighted by Gasteiger charge is -2.20. The first-order valence-electron chi connectivity index (χ1n) is 5.71. The maximum Gasteiger partial charge on any atom is 0.338 e. The third kappa shape index (κ3) is 3.29. The van der Waals surface area contributed by atoms with E-state index >= 15 is 0 Å². The topological polar surface area (TPSA) is 37.3 Å². The summed E-state index contributed by atoms with van der Waals surface area (Å²) >= 11 is 0. The highest BCUT2D eigenvalue weighted by Gasteiger charge is 2.25. The van der Waals surface area contributed by atoms with Gasteiger partial charge in [0.15, 0.2) is 0 Å². The summed E-state index contributed by atoms with van der Waals surface area (Å²) in [5.74, 6) is -2.03. The van der Waals surface area contributed by atoms with E-state index in [2.05, 4.69) is 20.8 Å². The predicted molar refractivity (Wildman–Crippen MR) is 66.1 cm³/mol. The third-order valence-corrected chi connectivity index (χ3v) is 2.98. The summed E-state index contributed by atoms with van der Waals surface area (Å²) in [6, 6.07) is 7.47. The molecule has 0 heterocycles. The first kappa shape index (κ1) is 13.7. The van der Waals surface area contributed by atoms with Gasteiger partial charge in [-0.05, 0) is 16.5 Å². The Kier molecular flexibility index (Phi) is 3.91. The summed E-state index contributed by atoms with van der Waals surface area (Å²) in [4.78, 5) is 10.6. The number of aliphatic carboxylic acids is 1. The highest BCUT2D eigenvalue weighted by molar-refractivity contribution is 5.73. The summed E-state index contributed by atoms with van der Waals surface area (Å²) in [5.41, 5.74) is 1.91. The van der Waals surface area contributed by atoms with Gasteiger partial charge in [-0.1, -0.05) is 52.0 Å². The fraction of sp³-hybridized carbons (Fsp3) is 0.500. The molecule has 0 aliphatic carbocycles. The SMILES string of the molecule is CC(c1ccc(C(C)(C)C)cc1)C(F)C(=O)O. The van der Waals surface area contributed by atoms with Crippen LogP contribution < -0.4 is 0 Å². The van der Waals surface area contributed by atoms with Crippen molar-refractivity contribution in [2.24, 2.45) is 0 Å². The molecule has 3 heteroatoms. The standard InChI is InChI=1S/C14H19FO2/c1-9(12(15)13(16)17)10-5-7-11(8-6-10)14(2,3)4/h5-9,12H,1-4H3,(H,16,17). The van der Waals surface area contributed by atoms with Gasteiger partial charge in [0.2, 0.25) is 6.17 Å². The average Bonchev–Trinajstić information content (AvgIpc) is 2.26. The number of rotatable bonds is 3. The van der Waals surface area contributed by atoms with Crippen molar-refractivity contribution in [1.29, 1.82) is 0 Å². The molecule has 0 fully saturated rings. The molecule has 0 bridgehead atoms. The van der Waals surface area contributed by atoms with E-state index in [0.29, 0.717) is 5.56 Å². The molecule has 0 spiro atoms. The summed E-state index contributed by atoms with van der Waals surface area (Å²) in [6.45, 7) is 7.88. The number of hydrogen-bond acceptors (Lipinski definition) is 1. The van der Waals surface area contributed by atoms with Crippen molar-refractivity contribution in [3.05, 3.63) is 35.4 Å². The third-order valence-electron chi connectivity index (χ3n) is 2.98. The quantitative estimate of drug-likeness (QED) is 0.875. The lowest BCUT2D eigenvalue weighted by molar-refractivity contribution is -0.143. The van der Waals surface area contributed by atoms with Crippen LogP contribution in [0.1, 0.15) is 44.7 Å². The smallest absolute Gasteiger partial charge is 0.338 e. The first-order chi connectivity index (χ1) is 7.73. The molecule has 17 heavy (non-hydrogen) atoms. The van der Waals surface area contributed by atoms with Gasteiger partial charge in [-0.25, -0.2) is 9.18 Å². The lowest BCUT2D eigenvalue weighted by atomic mass is 9.85. The molecule has 1 N–H and O–H groups in total. The van der Waals surface area contributed by atoms with E-state index in [0.717, 1.165) is 5.56 Å². The molecule has 1 aromatic rings. The minimum atomic E-state index is -1.85. The van der Waals surface area contributed by atoms with Crippen molar-refractivity contribution in [3.63, 3.8) is 0 Å². The molecule has 2 atom stereocenters. The van der Waals surface area contributed by atoms with Crippen LogP contribution in [-0.2, 0) is 10.2 Å². The van der Waals surface area contributed by atoms with Crippen LogP contribution in [0.4, 0.5) is 4.39 Å². The second-order valence-corrected chi connectivity index (χ2v) is 5.40. The Hall–Kier alpha value is -1.38. The number of carboxylic acids is 1. The van der Waals surface area contributed by atoms with Crippen molar-refractivity contribution in [2.75, 3.05) is 0 Å². The van der Waals surface area contributed by atoms with Crippen LogP contribution in [0.3, 0.4) is 0 Å². The first-order valence-corrected chi connectivity index (χ1v) is 5.71. The number of carbonyl (C=O) groups is 1. The Morgan fingerprint density at radius 3 is 2.06 bits per heavy atom. The molecular formula is C14H19FO2. The van der Waals surface area contributed by atoms with Gasteiger partial charge < -0.3 is 5.11 Å². The van der Waals surface area contributed by atoms with Crippen molar-refractivity contribution >= 4 is 5.97 Å². The van der Waals surface area contributed by atoms with Gasteiger partial charge in [0.1, 0.15) is 0 Å². The van der Waals surface area contributed by atoms with Crippen LogP contribution in [0, 0.1) is 0 Å². The van der Waals surface area contributed by atoms with E-state index in [1.165, 1.54) is 0 Å². The molecule has 0 aromatic heterocycles. The zero-order valence-electron chi connectivity index (χ0n) is 10.7. The predicted octanol–water partition coefficient (Wildman–Crippen LogP) is 3.51. The van der Waals surface area contributed by atoms with Crippen molar-refractivity contribution < 1.29 is 14.3 Å². The van der Waals surface area contributed by atoms with E-state index in [9.17, 15) is 9.18 Å². The fourth-order valence-corrected chi connectivity index (χ4v) is 1.67. The largest absolute Gasteiger partial charge is 0.479 e. The van der Waals surface area contributed by atoms with Gasteiger partial charge >= 0.3 is 5.97 Å². The van der Waals surface area contributed by atoms with Gasteiger partial charge in [0.25, 0.3) is 0 Å². The maximum atomic E-state index is 13.3. The molecule has 1 rings (SSSR count). The number of halogens is 1. The summed E-state index contributed by atoms with van der Waals surface area (Å²) < 4.78 is 13.3. The van der Waals surface area contributed by atoms with Crippen molar-refractivity contribution in [1.82, 2.24) is 0 Å². The lowest BCUT2D eigenvalue weighted by Crippen LogP contribution is -2.21. The number of alkyl halides is 1. The molecule has 0 aliphatic heterocycles. The second kappa shape index (κ2) is 4.86. The van der Waals surface area contributed by atoms with Gasteiger partial charge in [-0.2, -0.15) is 0 Å². The zero-order chi connectivity index (χ0) is 13.2. The molecule has 0 aliphatic rings. The molecule has 1 aromatic carbocycles. The minimum Gasteiger partial charge on any atom is -0.479 e. The van der Waals surface area contributed by atoms with E-state index in [-0.39, 0.29) is 5.41 Å². The average molecular weight is 238 g/mol. The van der Waals surface area contributed by atoms with Gasteiger partial charge in [-0.3, -0.25) is 0 Å². The van der Waals surface area contributed by atoms with Crippen molar-refractivity contribution in [3.8, 4) is 0 Å². The molecular weight excluding hydrogens is 219 g/mol. The van der Waals surface area contributed by atoms with Gasteiger partial charge in [0, 0.05) is 5.92 Å². The molecule has 2 unspecified atom stereocenters. The summed E-state index contributed by atoms with van der Waals surface area (Å²) in [7, 11) is 0. The zero-order valence-corrected chi connectivity index (χ0v) is 10.7. The van der Waals surface area contributed by atoms with E-state index < -0.39 is 18.1 Å². The number of hydrogen-bond donors (Lipinski definition) is 1.